The molecule has 1 saturated carbocycles. The first kappa shape index (κ1) is 26.3. The minimum atomic E-state index is -1.31. The summed E-state index contributed by atoms with van der Waals surface area (Å²) in [6.07, 6.45) is 8.53. The third-order valence-corrected chi connectivity index (χ3v) is 9.80. The van der Waals surface area contributed by atoms with E-state index in [1.165, 1.54) is 29.7 Å². The molecule has 2 N–H and O–H groups in total. The summed E-state index contributed by atoms with van der Waals surface area (Å²) in [6.45, 7) is 2.61. The van der Waals surface area contributed by atoms with E-state index in [2.05, 4.69) is 20.1 Å². The molecular formula is C32H30F2N6O3. The van der Waals surface area contributed by atoms with E-state index in [-0.39, 0.29) is 16.5 Å². The molecule has 43 heavy (non-hydrogen) atoms. The van der Waals surface area contributed by atoms with Gasteiger partial charge in [0.1, 0.15) is 11.2 Å². The van der Waals surface area contributed by atoms with Crippen LogP contribution in [-0.2, 0) is 13.5 Å². The number of aromatic nitrogens is 3. The largest absolute Gasteiger partial charge is 0.477 e. The molecule has 3 aromatic heterocycles. The summed E-state index contributed by atoms with van der Waals surface area (Å²) in [7, 11) is 3.34. The Labute approximate surface area is 245 Å². The van der Waals surface area contributed by atoms with Crippen LogP contribution >= 0.6 is 0 Å². The van der Waals surface area contributed by atoms with Crippen LogP contribution in [0.15, 0.2) is 35.5 Å². The lowest BCUT2D eigenvalue weighted by molar-refractivity contribution is 0.0695. The number of carboxylic acids is 1. The molecule has 2 saturated heterocycles. The van der Waals surface area contributed by atoms with Crippen molar-refractivity contribution < 1.29 is 18.7 Å². The maximum Gasteiger partial charge on any atom is 0.341 e. The molecule has 220 valence electrons. The fourth-order valence-corrected chi connectivity index (χ4v) is 7.67. The van der Waals surface area contributed by atoms with Crippen LogP contribution in [0.2, 0.25) is 0 Å². The number of rotatable bonds is 5. The molecule has 1 unspecified atom stereocenters. The molecule has 0 amide bonds. The van der Waals surface area contributed by atoms with Crippen molar-refractivity contribution in [3.8, 4) is 22.3 Å². The number of hydrogen-bond acceptors (Lipinski definition) is 7. The first-order valence-corrected chi connectivity index (χ1v) is 14.7. The Morgan fingerprint density at radius 2 is 1.91 bits per heavy atom. The molecule has 0 bridgehead atoms. The van der Waals surface area contributed by atoms with Gasteiger partial charge in [-0.15, -0.1) is 0 Å². The number of aromatic carboxylic acids is 1. The predicted molar refractivity (Wildman–Crippen MR) is 159 cm³/mol. The first-order chi connectivity index (χ1) is 20.7. The van der Waals surface area contributed by atoms with Gasteiger partial charge < -0.3 is 19.9 Å². The lowest BCUT2D eigenvalue weighted by Gasteiger charge is -2.28. The van der Waals surface area contributed by atoms with Crippen LogP contribution in [0.4, 0.5) is 20.2 Å². The van der Waals surface area contributed by atoms with Crippen LogP contribution < -0.4 is 15.6 Å². The fourth-order valence-electron chi connectivity index (χ4n) is 7.67. The second-order valence-electron chi connectivity index (χ2n) is 12.2. The number of carboxylic acid groups (broad SMARTS) is 1. The van der Waals surface area contributed by atoms with E-state index in [0.29, 0.717) is 63.7 Å². The molecule has 5 heterocycles. The number of fused-ring (bicyclic) bond motifs is 5. The van der Waals surface area contributed by atoms with Gasteiger partial charge in [0.15, 0.2) is 11.6 Å². The summed E-state index contributed by atoms with van der Waals surface area (Å²) < 4.78 is 32.3. The molecule has 8 rings (SSSR count). The average molecular weight is 585 g/mol. The Balaban J connectivity index is 1.36. The van der Waals surface area contributed by atoms with Gasteiger partial charge >= 0.3 is 5.97 Å². The molecule has 2 aliphatic carbocycles. The molecular weight excluding hydrogens is 554 g/mol. The van der Waals surface area contributed by atoms with Gasteiger partial charge in [-0.05, 0) is 43.4 Å². The van der Waals surface area contributed by atoms with Gasteiger partial charge in [-0.25, -0.2) is 18.6 Å². The van der Waals surface area contributed by atoms with Crippen molar-refractivity contribution in [2.45, 2.75) is 37.8 Å². The number of nitrogens with zero attached hydrogens (tertiary/aromatic N) is 5. The highest BCUT2D eigenvalue weighted by molar-refractivity contribution is 5.98. The Bertz CT molecular complexity index is 1940. The molecule has 1 aromatic carbocycles. The quantitative estimate of drug-likeness (QED) is 0.316. The highest BCUT2D eigenvalue weighted by atomic mass is 19.2. The lowest BCUT2D eigenvalue weighted by atomic mass is 9.97. The topological polar surface area (TPSA) is 104 Å². The van der Waals surface area contributed by atoms with Crippen molar-refractivity contribution in [2.75, 3.05) is 36.9 Å². The molecule has 0 spiro atoms. The molecule has 2 atom stereocenters. The predicted octanol–water partition coefficient (Wildman–Crippen LogP) is 4.26. The normalized spacial score (nSPS) is 20.9. The zero-order valence-corrected chi connectivity index (χ0v) is 23.8. The Morgan fingerprint density at radius 3 is 2.65 bits per heavy atom. The second-order valence-corrected chi connectivity index (χ2v) is 12.2. The van der Waals surface area contributed by atoms with E-state index in [1.54, 1.807) is 32.6 Å². The molecule has 3 fully saturated rings. The highest BCUT2D eigenvalue weighted by Crippen LogP contribution is 2.52. The van der Waals surface area contributed by atoms with Crippen molar-refractivity contribution in [3.63, 3.8) is 0 Å². The van der Waals surface area contributed by atoms with Crippen LogP contribution in [0, 0.1) is 17.6 Å². The number of halogens is 2. The Hall–Kier alpha value is -4.38. The van der Waals surface area contributed by atoms with Crippen molar-refractivity contribution in [3.05, 3.63) is 69.4 Å². The van der Waals surface area contributed by atoms with Crippen molar-refractivity contribution >= 4 is 28.4 Å². The molecule has 11 heteroatoms. The fraction of sp³-hybridized carbons (Fsp3) is 0.375. The summed E-state index contributed by atoms with van der Waals surface area (Å²) >= 11 is 0. The summed E-state index contributed by atoms with van der Waals surface area (Å²) in [5.74, 6) is -2.68. The zero-order chi connectivity index (χ0) is 29.7. The van der Waals surface area contributed by atoms with Crippen molar-refractivity contribution in [1.82, 2.24) is 19.4 Å². The Kier molecular flexibility index (Phi) is 5.69. The van der Waals surface area contributed by atoms with Crippen molar-refractivity contribution in [2.24, 2.45) is 13.0 Å². The third kappa shape index (κ3) is 3.83. The summed E-state index contributed by atoms with van der Waals surface area (Å²) in [5.41, 5.74) is 4.00. The minimum absolute atomic E-state index is 0.166. The third-order valence-electron chi connectivity index (χ3n) is 9.80. The van der Waals surface area contributed by atoms with Gasteiger partial charge in [-0.3, -0.25) is 14.7 Å². The number of benzene rings is 1. The molecule has 4 aliphatic rings. The maximum atomic E-state index is 15.8. The van der Waals surface area contributed by atoms with E-state index in [9.17, 15) is 19.1 Å². The summed E-state index contributed by atoms with van der Waals surface area (Å²) in [4.78, 5) is 39.3. The van der Waals surface area contributed by atoms with Gasteiger partial charge in [0.25, 0.3) is 0 Å². The van der Waals surface area contributed by atoms with Crippen LogP contribution in [0.3, 0.4) is 0 Å². The number of aryl methyl sites for hydroxylation is 1. The second kappa shape index (κ2) is 9.31. The van der Waals surface area contributed by atoms with Crippen molar-refractivity contribution in [1.29, 1.82) is 0 Å². The standard InChI is InChI=1S/C32H30F2N6O3/c1-35-23-9-22(33)28(34)26-18(23)8-24-27(26)29(39-12-15-5-6-40(17-3-4-17)25(15)14-39)20(11-36-24)16-7-19-30(41)21(32(42)43)13-38(2)31(19)37-10-16/h7,9-11,13,15,17,25,35H,3-6,8,12,14H2,1-2H3,(H,42,43)/t15-,25?/m1/s1. The number of anilines is 2. The van der Waals surface area contributed by atoms with Crippen LogP contribution in [-0.4, -0.2) is 69.3 Å². The van der Waals surface area contributed by atoms with Gasteiger partial charge in [-0.1, -0.05) is 0 Å². The first-order valence-electron chi connectivity index (χ1n) is 14.7. The van der Waals surface area contributed by atoms with Gasteiger partial charge in [0, 0.05) is 98.3 Å². The molecule has 9 nitrogen and oxygen atoms in total. The SMILES string of the molecule is CNc1cc(F)c(F)c2c1Cc1ncc(-c3cnc4c(c3)c(=O)c(C(=O)O)cn4C)c(N3CC4[C@H](CCN4C4CC4)C3)c1-2. The van der Waals surface area contributed by atoms with Gasteiger partial charge in [0.05, 0.1) is 16.8 Å². The zero-order valence-electron chi connectivity index (χ0n) is 23.8. The number of nitrogens with one attached hydrogen (secondary N) is 1. The monoisotopic (exact) mass is 584 g/mol. The average Bonchev–Trinajstić information content (AvgIpc) is 3.45. The Morgan fingerprint density at radius 1 is 1.09 bits per heavy atom. The van der Waals surface area contributed by atoms with E-state index >= 15 is 4.39 Å². The van der Waals surface area contributed by atoms with Crippen LogP contribution in [0.25, 0.3) is 33.3 Å². The van der Waals surface area contributed by atoms with Gasteiger partial charge in [0.2, 0.25) is 5.43 Å². The van der Waals surface area contributed by atoms with E-state index < -0.39 is 23.0 Å². The van der Waals surface area contributed by atoms with Crippen LogP contribution in [0.1, 0.15) is 40.9 Å². The molecule has 4 aromatic rings. The van der Waals surface area contributed by atoms with E-state index in [4.69, 9.17) is 4.98 Å². The minimum Gasteiger partial charge on any atom is -0.477 e. The summed E-state index contributed by atoms with van der Waals surface area (Å²) in [6, 6.07) is 3.86. The smallest absolute Gasteiger partial charge is 0.341 e. The highest BCUT2D eigenvalue weighted by Gasteiger charge is 2.47. The van der Waals surface area contributed by atoms with Gasteiger partial charge in [-0.2, -0.15) is 0 Å². The van der Waals surface area contributed by atoms with E-state index in [0.717, 1.165) is 31.7 Å². The molecule has 2 aliphatic heterocycles. The summed E-state index contributed by atoms with van der Waals surface area (Å²) in [5, 5.41) is 12.8. The maximum absolute atomic E-state index is 15.8. The number of carbonyl (C=O) groups is 1. The van der Waals surface area contributed by atoms with Crippen LogP contribution in [0.5, 0.6) is 0 Å². The van der Waals surface area contributed by atoms with E-state index in [1.807, 2.05) is 0 Å². The number of likely N-dealkylation sites (tertiary alicyclic amines) is 1. The number of hydrogen-bond donors (Lipinski definition) is 2. The molecule has 0 radical (unpaired) electrons. The lowest BCUT2D eigenvalue weighted by Crippen LogP contribution is -2.37. The number of pyridine rings is 3.